The second kappa shape index (κ2) is 21.6. The first-order valence-corrected chi connectivity index (χ1v) is 16.5. The normalized spacial score (nSPS) is 11.8. The largest absolute Gasteiger partial charge is 0.347 e. The van der Waals surface area contributed by atoms with Crippen LogP contribution in [0.3, 0.4) is 0 Å². The zero-order valence-electron chi connectivity index (χ0n) is 27.0. The minimum absolute atomic E-state index is 0.0999. The van der Waals surface area contributed by atoms with E-state index in [1.165, 1.54) is 19.8 Å². The van der Waals surface area contributed by atoms with Crippen molar-refractivity contribution >= 4 is 27.5 Å². The van der Waals surface area contributed by atoms with Crippen LogP contribution in [-0.4, -0.2) is 54.9 Å². The van der Waals surface area contributed by atoms with Crippen LogP contribution in [0.15, 0.2) is 39.8 Å². The summed E-state index contributed by atoms with van der Waals surface area (Å²) < 4.78 is 30.3. The molecule has 2 N–H and O–H groups in total. The first-order chi connectivity index (χ1) is 19.4. The highest BCUT2D eigenvalue weighted by Crippen LogP contribution is 2.32. The molecule has 0 aliphatic heterocycles. The molecule has 2 aromatic rings. The first-order valence-electron chi connectivity index (χ1n) is 14.6. The van der Waals surface area contributed by atoms with Gasteiger partial charge in [-0.3, -0.25) is 19.3 Å². The Labute approximate surface area is 248 Å². The predicted octanol–water partition coefficient (Wildman–Crippen LogP) is 6.45. The van der Waals surface area contributed by atoms with Crippen molar-refractivity contribution in [2.24, 2.45) is 10.4 Å². The molecule has 0 bridgehead atoms. The Morgan fingerprint density at radius 2 is 1.54 bits per heavy atom. The van der Waals surface area contributed by atoms with Gasteiger partial charge in [0.1, 0.15) is 11.9 Å². The Balaban J connectivity index is 0. The number of nitrogens with zero attached hydrogens (tertiary/aromatic N) is 3. The number of ketones is 1. The molecular weight excluding hydrogens is 542 g/mol. The molecule has 1 atom stereocenters. The smallest absolute Gasteiger partial charge is 0.296 e. The second-order valence-electron chi connectivity index (χ2n) is 9.26. The van der Waals surface area contributed by atoms with Gasteiger partial charge in [-0.05, 0) is 18.8 Å². The van der Waals surface area contributed by atoms with Gasteiger partial charge in [-0.15, -0.1) is 0 Å². The number of carbonyl (C=O) groups excluding carboxylic acids is 2. The number of amidine groups is 1. The summed E-state index contributed by atoms with van der Waals surface area (Å²) in [6.45, 7) is 19.6. The van der Waals surface area contributed by atoms with E-state index in [1.807, 2.05) is 66.7 Å². The summed E-state index contributed by atoms with van der Waals surface area (Å²) in [5.41, 5.74) is 0.517. The highest BCUT2D eigenvalue weighted by atomic mass is 32.2. The number of benzene rings is 1. The molecule has 11 heteroatoms. The predicted molar refractivity (Wildman–Crippen MR) is 169 cm³/mol. The number of carbonyl (C=O) groups is 2. The molecule has 0 aliphatic rings. The van der Waals surface area contributed by atoms with Gasteiger partial charge in [0.05, 0.1) is 12.8 Å². The zero-order chi connectivity index (χ0) is 32.1. The van der Waals surface area contributed by atoms with Gasteiger partial charge in [0.2, 0.25) is 27.5 Å². The van der Waals surface area contributed by atoms with Gasteiger partial charge in [-0.2, -0.15) is 4.98 Å². The maximum Gasteiger partial charge on any atom is 0.296 e. The van der Waals surface area contributed by atoms with E-state index >= 15 is 0 Å². The SMILES string of the molecule is CC.CC.CCC(C)(CC)C[C@H](N=C(C)NS(C)(=O)=O)C(=O)NCC(=O)c1nc(-c2ccccc2)no1.CCCC. The molecule has 1 aromatic heterocycles. The number of unbranched alkanes of at least 4 members (excludes halogenated alkanes) is 1. The van der Waals surface area contributed by atoms with Gasteiger partial charge in [-0.25, -0.2) is 8.42 Å². The fraction of sp³-hybridized carbons (Fsp3) is 0.633. The standard InChI is InChI=1S/C22H31N5O5S.C4H10.2C2H6/c1-6-22(4,7-2)13-17(24-15(3)27-33(5,30)31)20(29)23-14-18(28)21-25-19(26-32-21)16-11-9-8-10-12-16;1-3-4-2;2*1-2/h8-12,17H,6-7,13-14H2,1-5H3,(H,23,29)(H,24,27);3-4H2,1-2H3;2*1-2H3/t17-;;;/m0.../s1. The number of sulfonamides is 1. The molecule has 0 saturated heterocycles. The van der Waals surface area contributed by atoms with E-state index < -0.39 is 27.8 Å². The summed E-state index contributed by atoms with van der Waals surface area (Å²) in [5.74, 6) is -0.870. The minimum atomic E-state index is -3.53. The van der Waals surface area contributed by atoms with E-state index in [0.29, 0.717) is 12.0 Å². The Morgan fingerprint density at radius 1 is 1.00 bits per heavy atom. The van der Waals surface area contributed by atoms with E-state index in [0.717, 1.165) is 19.1 Å². The van der Waals surface area contributed by atoms with Gasteiger partial charge in [0.25, 0.3) is 5.89 Å². The van der Waals surface area contributed by atoms with Gasteiger partial charge in [0.15, 0.2) is 0 Å². The van der Waals surface area contributed by atoms with Crippen molar-refractivity contribution in [2.75, 3.05) is 12.8 Å². The molecular formula is C30H53N5O5S. The van der Waals surface area contributed by atoms with Crippen LogP contribution in [0.4, 0.5) is 0 Å². The quantitative estimate of drug-likeness (QED) is 0.163. The lowest BCUT2D eigenvalue weighted by molar-refractivity contribution is -0.122. The molecule has 234 valence electrons. The molecule has 0 aliphatic carbocycles. The van der Waals surface area contributed by atoms with Crippen LogP contribution in [0.5, 0.6) is 0 Å². The first kappa shape index (κ1) is 40.1. The van der Waals surface area contributed by atoms with Crippen LogP contribution in [-0.2, 0) is 14.8 Å². The fourth-order valence-corrected chi connectivity index (χ4v) is 3.72. The molecule has 1 heterocycles. The van der Waals surface area contributed by atoms with Crippen LogP contribution in [0.2, 0.25) is 0 Å². The monoisotopic (exact) mass is 595 g/mol. The number of aliphatic imine (C=N–C) groups is 1. The highest BCUT2D eigenvalue weighted by Gasteiger charge is 2.30. The van der Waals surface area contributed by atoms with E-state index in [1.54, 1.807) is 12.1 Å². The van der Waals surface area contributed by atoms with Crippen molar-refractivity contribution in [3.05, 3.63) is 36.2 Å². The maximum absolute atomic E-state index is 12.9. The summed E-state index contributed by atoms with van der Waals surface area (Å²) >= 11 is 0. The molecule has 1 amide bonds. The number of hydrogen-bond acceptors (Lipinski definition) is 8. The van der Waals surface area contributed by atoms with Crippen molar-refractivity contribution in [2.45, 2.75) is 107 Å². The Hall–Kier alpha value is -3.08. The number of Topliss-reactive ketones (excluding diaryl/α,β-unsaturated/α-hetero) is 1. The molecule has 0 radical (unpaired) electrons. The Kier molecular flexibility index (Phi) is 21.1. The molecule has 0 saturated carbocycles. The number of aromatic nitrogens is 2. The van der Waals surface area contributed by atoms with Crippen LogP contribution in [0, 0.1) is 5.41 Å². The Bertz CT molecular complexity index is 1130. The number of nitrogens with one attached hydrogen (secondary N) is 2. The second-order valence-corrected chi connectivity index (χ2v) is 11.0. The third-order valence-corrected chi connectivity index (χ3v) is 6.66. The van der Waals surface area contributed by atoms with Gasteiger partial charge in [-0.1, -0.05) is 123 Å². The summed E-state index contributed by atoms with van der Waals surface area (Å²) in [6.07, 6.45) is 5.66. The third kappa shape index (κ3) is 16.7. The van der Waals surface area contributed by atoms with Crippen molar-refractivity contribution in [3.63, 3.8) is 0 Å². The van der Waals surface area contributed by atoms with Gasteiger partial charge in [0, 0.05) is 5.56 Å². The van der Waals surface area contributed by atoms with E-state index in [-0.39, 0.29) is 29.5 Å². The summed E-state index contributed by atoms with van der Waals surface area (Å²) in [7, 11) is -3.53. The highest BCUT2D eigenvalue weighted by molar-refractivity contribution is 7.89. The van der Waals surface area contributed by atoms with Crippen LogP contribution >= 0.6 is 0 Å². The average molecular weight is 596 g/mol. The van der Waals surface area contributed by atoms with E-state index in [4.69, 9.17) is 4.52 Å². The number of rotatable bonds is 12. The van der Waals surface area contributed by atoms with E-state index in [2.05, 4.69) is 39.0 Å². The lowest BCUT2D eigenvalue weighted by Crippen LogP contribution is -2.41. The molecule has 1 aromatic carbocycles. The molecule has 10 nitrogen and oxygen atoms in total. The summed E-state index contributed by atoms with van der Waals surface area (Å²) in [4.78, 5) is 33.8. The van der Waals surface area contributed by atoms with Crippen molar-refractivity contribution in [1.82, 2.24) is 20.2 Å². The lowest BCUT2D eigenvalue weighted by atomic mass is 9.79. The zero-order valence-corrected chi connectivity index (χ0v) is 27.8. The maximum atomic E-state index is 12.9. The van der Waals surface area contributed by atoms with Crippen molar-refractivity contribution in [3.8, 4) is 11.4 Å². The molecule has 41 heavy (non-hydrogen) atoms. The fourth-order valence-electron chi connectivity index (χ4n) is 3.13. The van der Waals surface area contributed by atoms with Gasteiger partial charge >= 0.3 is 0 Å². The van der Waals surface area contributed by atoms with Crippen LogP contribution in [0.1, 0.15) is 112 Å². The van der Waals surface area contributed by atoms with E-state index in [9.17, 15) is 18.0 Å². The van der Waals surface area contributed by atoms with Crippen LogP contribution < -0.4 is 10.0 Å². The van der Waals surface area contributed by atoms with Crippen LogP contribution in [0.25, 0.3) is 11.4 Å². The lowest BCUT2D eigenvalue weighted by Gasteiger charge is -2.29. The third-order valence-electron chi connectivity index (χ3n) is 6.00. The molecule has 0 spiro atoms. The Morgan fingerprint density at radius 3 is 2.00 bits per heavy atom. The van der Waals surface area contributed by atoms with Crippen molar-refractivity contribution in [1.29, 1.82) is 0 Å². The number of hydrogen-bond donors (Lipinski definition) is 2. The molecule has 0 unspecified atom stereocenters. The molecule has 0 fully saturated rings. The topological polar surface area (TPSA) is 144 Å². The summed E-state index contributed by atoms with van der Waals surface area (Å²) in [5, 5.41) is 6.38. The molecule has 2 rings (SSSR count). The summed E-state index contributed by atoms with van der Waals surface area (Å²) in [6, 6.07) is 8.17. The number of amides is 1. The average Bonchev–Trinajstić information content (AvgIpc) is 3.47. The minimum Gasteiger partial charge on any atom is -0.347 e. The van der Waals surface area contributed by atoms with Gasteiger partial charge < -0.3 is 9.84 Å². The van der Waals surface area contributed by atoms with Crippen molar-refractivity contribution < 1.29 is 22.5 Å².